The van der Waals surface area contributed by atoms with Crippen LogP contribution >= 0.6 is 11.6 Å². The predicted octanol–water partition coefficient (Wildman–Crippen LogP) is 4.24. The average Bonchev–Trinajstić information content (AvgIpc) is 2.49. The van der Waals surface area contributed by atoms with Crippen molar-refractivity contribution >= 4 is 23.4 Å². The molecular formula is C17H19ClFN3O2. The van der Waals surface area contributed by atoms with Gasteiger partial charge in [0.2, 0.25) is 5.28 Å². The minimum Gasteiger partial charge on any atom is -0.481 e. The largest absolute Gasteiger partial charge is 0.481 e. The summed E-state index contributed by atoms with van der Waals surface area (Å²) in [6.07, 6.45) is -0.175. The summed E-state index contributed by atoms with van der Waals surface area (Å²) in [5.41, 5.74) is 0.212. The molecule has 0 radical (unpaired) electrons. The first-order valence-corrected chi connectivity index (χ1v) is 7.83. The van der Waals surface area contributed by atoms with E-state index in [1.165, 1.54) is 0 Å². The van der Waals surface area contributed by atoms with Crippen LogP contribution in [0.25, 0.3) is 11.3 Å². The Morgan fingerprint density at radius 2 is 1.92 bits per heavy atom. The number of hydrogen-bond acceptors (Lipinski definition) is 4. The molecule has 0 fully saturated rings. The molecule has 0 saturated heterocycles. The van der Waals surface area contributed by atoms with Gasteiger partial charge in [0.25, 0.3) is 0 Å². The van der Waals surface area contributed by atoms with Gasteiger partial charge in [0.15, 0.2) is 11.6 Å². The van der Waals surface area contributed by atoms with Gasteiger partial charge in [0.05, 0.1) is 6.42 Å². The SMILES string of the molecule is CC(C)(C)C(CC(=O)O)Nc1nc(Cl)nc(-c2ccccc2)c1F. The normalized spacial score (nSPS) is 12.7. The lowest BCUT2D eigenvalue weighted by Crippen LogP contribution is -2.36. The third-order valence-electron chi connectivity index (χ3n) is 3.61. The van der Waals surface area contributed by atoms with E-state index in [0.717, 1.165) is 0 Å². The van der Waals surface area contributed by atoms with Crippen LogP contribution in [0.3, 0.4) is 0 Å². The number of carboxylic acids is 1. The summed E-state index contributed by atoms with van der Waals surface area (Å²) >= 11 is 5.93. The second-order valence-electron chi connectivity index (χ2n) is 6.53. The molecule has 128 valence electrons. The quantitative estimate of drug-likeness (QED) is 0.788. The molecule has 1 aromatic heterocycles. The molecule has 1 atom stereocenters. The van der Waals surface area contributed by atoms with E-state index in [0.29, 0.717) is 5.56 Å². The zero-order valence-corrected chi connectivity index (χ0v) is 14.4. The van der Waals surface area contributed by atoms with Crippen molar-refractivity contribution in [3.63, 3.8) is 0 Å². The number of carbonyl (C=O) groups is 1. The Morgan fingerprint density at radius 3 is 2.46 bits per heavy atom. The number of nitrogens with zero attached hydrogens (tertiary/aromatic N) is 2. The van der Waals surface area contributed by atoms with Gasteiger partial charge in [0, 0.05) is 11.6 Å². The minimum absolute atomic E-state index is 0.0704. The number of benzene rings is 1. The first-order chi connectivity index (χ1) is 11.2. The fourth-order valence-corrected chi connectivity index (χ4v) is 2.39. The number of hydrogen-bond donors (Lipinski definition) is 2. The Hall–Kier alpha value is -2.21. The monoisotopic (exact) mass is 351 g/mol. The number of nitrogens with one attached hydrogen (secondary N) is 1. The molecule has 0 aliphatic heterocycles. The fourth-order valence-electron chi connectivity index (χ4n) is 2.22. The van der Waals surface area contributed by atoms with Crippen molar-refractivity contribution in [3.8, 4) is 11.3 Å². The highest BCUT2D eigenvalue weighted by molar-refractivity contribution is 6.28. The van der Waals surface area contributed by atoms with Crippen molar-refractivity contribution in [2.24, 2.45) is 5.41 Å². The minimum atomic E-state index is -0.980. The zero-order chi connectivity index (χ0) is 17.9. The molecule has 7 heteroatoms. The maximum absolute atomic E-state index is 14.8. The summed E-state index contributed by atoms with van der Waals surface area (Å²) in [5, 5.41) is 11.9. The summed E-state index contributed by atoms with van der Waals surface area (Å²) in [7, 11) is 0. The van der Waals surface area contributed by atoms with Crippen LogP contribution in [0.4, 0.5) is 10.2 Å². The van der Waals surface area contributed by atoms with Crippen molar-refractivity contribution in [3.05, 3.63) is 41.4 Å². The first-order valence-electron chi connectivity index (χ1n) is 7.45. The Bertz CT molecular complexity index is 733. The molecular weight excluding hydrogens is 333 g/mol. The molecule has 0 saturated carbocycles. The molecule has 2 aromatic rings. The number of aromatic nitrogens is 2. The summed E-state index contributed by atoms with van der Waals surface area (Å²) < 4.78 is 14.8. The van der Waals surface area contributed by atoms with Gasteiger partial charge in [-0.05, 0) is 17.0 Å². The second-order valence-corrected chi connectivity index (χ2v) is 6.87. The Kier molecular flexibility index (Phi) is 5.39. The van der Waals surface area contributed by atoms with Crippen LogP contribution in [0.5, 0.6) is 0 Å². The van der Waals surface area contributed by atoms with Crippen LogP contribution in [-0.4, -0.2) is 27.1 Å². The number of anilines is 1. The number of halogens is 2. The highest BCUT2D eigenvalue weighted by atomic mass is 35.5. The third-order valence-corrected chi connectivity index (χ3v) is 3.78. The number of aliphatic carboxylic acids is 1. The van der Waals surface area contributed by atoms with E-state index < -0.39 is 23.2 Å². The van der Waals surface area contributed by atoms with Crippen LogP contribution in [0.2, 0.25) is 5.28 Å². The molecule has 2 N–H and O–H groups in total. The summed E-state index contributed by atoms with van der Waals surface area (Å²) in [6.45, 7) is 5.60. The van der Waals surface area contributed by atoms with Crippen LogP contribution in [0.15, 0.2) is 30.3 Å². The van der Waals surface area contributed by atoms with E-state index in [2.05, 4.69) is 15.3 Å². The van der Waals surface area contributed by atoms with E-state index in [1.807, 2.05) is 26.8 Å². The Morgan fingerprint density at radius 1 is 1.29 bits per heavy atom. The van der Waals surface area contributed by atoms with E-state index in [1.54, 1.807) is 24.3 Å². The fraction of sp³-hybridized carbons (Fsp3) is 0.353. The average molecular weight is 352 g/mol. The molecule has 0 amide bonds. The molecule has 0 spiro atoms. The zero-order valence-electron chi connectivity index (χ0n) is 13.7. The van der Waals surface area contributed by atoms with Gasteiger partial charge < -0.3 is 10.4 Å². The summed E-state index contributed by atoms with van der Waals surface area (Å²) in [4.78, 5) is 18.9. The van der Waals surface area contributed by atoms with E-state index in [4.69, 9.17) is 16.7 Å². The molecule has 0 bridgehead atoms. The smallest absolute Gasteiger partial charge is 0.305 e. The molecule has 1 aromatic carbocycles. The van der Waals surface area contributed by atoms with Crippen molar-refractivity contribution in [1.82, 2.24) is 9.97 Å². The Balaban J connectivity index is 2.43. The molecule has 2 rings (SSSR count). The summed E-state index contributed by atoms with van der Waals surface area (Å²) in [6, 6.07) is 8.24. The van der Waals surface area contributed by atoms with Gasteiger partial charge in [-0.1, -0.05) is 51.1 Å². The topological polar surface area (TPSA) is 75.1 Å². The molecule has 5 nitrogen and oxygen atoms in total. The van der Waals surface area contributed by atoms with Crippen molar-refractivity contribution in [2.45, 2.75) is 33.2 Å². The van der Waals surface area contributed by atoms with E-state index >= 15 is 0 Å². The third kappa shape index (κ3) is 4.41. The van der Waals surface area contributed by atoms with Crippen molar-refractivity contribution in [1.29, 1.82) is 0 Å². The van der Waals surface area contributed by atoms with Gasteiger partial charge >= 0.3 is 5.97 Å². The first kappa shape index (κ1) is 18.1. The number of carboxylic acid groups (broad SMARTS) is 1. The molecule has 1 heterocycles. The lowest BCUT2D eigenvalue weighted by atomic mass is 9.84. The lowest BCUT2D eigenvalue weighted by Gasteiger charge is -2.31. The van der Waals surface area contributed by atoms with Crippen molar-refractivity contribution in [2.75, 3.05) is 5.32 Å². The van der Waals surface area contributed by atoms with Crippen LogP contribution in [0, 0.1) is 11.2 Å². The number of rotatable bonds is 5. The lowest BCUT2D eigenvalue weighted by molar-refractivity contribution is -0.137. The van der Waals surface area contributed by atoms with Gasteiger partial charge in [-0.25, -0.2) is 9.37 Å². The molecule has 24 heavy (non-hydrogen) atoms. The van der Waals surface area contributed by atoms with Crippen molar-refractivity contribution < 1.29 is 14.3 Å². The Labute approximate surface area is 144 Å². The highest BCUT2D eigenvalue weighted by Crippen LogP contribution is 2.30. The van der Waals surface area contributed by atoms with Gasteiger partial charge in [-0.2, -0.15) is 4.98 Å². The summed E-state index contributed by atoms with van der Waals surface area (Å²) in [5.74, 6) is -1.74. The standard InChI is InChI=1S/C17H19ClFN3O2/c1-17(2,3)11(9-12(23)24)20-15-13(19)14(21-16(18)22-15)10-7-5-4-6-8-10/h4-8,11H,9H2,1-3H3,(H,23,24)(H,20,21,22). The van der Waals surface area contributed by atoms with Crippen LogP contribution in [0.1, 0.15) is 27.2 Å². The van der Waals surface area contributed by atoms with E-state index in [-0.39, 0.29) is 23.2 Å². The second kappa shape index (κ2) is 7.13. The maximum atomic E-state index is 14.8. The maximum Gasteiger partial charge on any atom is 0.305 e. The van der Waals surface area contributed by atoms with E-state index in [9.17, 15) is 9.18 Å². The molecule has 0 aliphatic rings. The molecule has 1 unspecified atom stereocenters. The highest BCUT2D eigenvalue weighted by Gasteiger charge is 2.29. The van der Waals surface area contributed by atoms with Gasteiger partial charge in [-0.15, -0.1) is 0 Å². The van der Waals surface area contributed by atoms with Gasteiger partial charge in [-0.3, -0.25) is 4.79 Å². The van der Waals surface area contributed by atoms with Gasteiger partial charge in [0.1, 0.15) is 5.69 Å². The van der Waals surface area contributed by atoms with Crippen LogP contribution < -0.4 is 5.32 Å². The molecule has 0 aliphatic carbocycles. The predicted molar refractivity (Wildman–Crippen MR) is 91.6 cm³/mol. The van der Waals surface area contributed by atoms with Crippen LogP contribution in [-0.2, 0) is 4.79 Å².